The summed E-state index contributed by atoms with van der Waals surface area (Å²) in [4.78, 5) is 28.6. The molecule has 1 amide bonds. The smallest absolute Gasteiger partial charge is 0.410 e. The molecule has 0 unspecified atom stereocenters. The van der Waals surface area contributed by atoms with Crippen LogP contribution in [-0.2, 0) is 0 Å². The van der Waals surface area contributed by atoms with E-state index in [-0.39, 0.29) is 6.09 Å². The van der Waals surface area contributed by atoms with Crippen LogP contribution in [0.4, 0.5) is 10.6 Å². The van der Waals surface area contributed by atoms with E-state index in [1.54, 1.807) is 6.33 Å². The molecule has 7 nitrogen and oxygen atoms in total. The molecule has 144 valence electrons. The molecule has 1 saturated heterocycles. The highest BCUT2D eigenvalue weighted by molar-refractivity contribution is 5.87. The van der Waals surface area contributed by atoms with Crippen molar-refractivity contribution >= 4 is 22.9 Å². The van der Waals surface area contributed by atoms with Gasteiger partial charge in [-0.15, -0.1) is 0 Å². The van der Waals surface area contributed by atoms with Gasteiger partial charge in [0.2, 0.25) is 0 Å². The predicted molar refractivity (Wildman–Crippen MR) is 106 cm³/mol. The Morgan fingerprint density at radius 1 is 1.14 bits per heavy atom. The normalized spacial score (nSPS) is 23.8. The maximum atomic E-state index is 12.5. The van der Waals surface area contributed by atoms with Gasteiger partial charge in [-0.05, 0) is 42.9 Å². The number of benzene rings is 1. The van der Waals surface area contributed by atoms with Crippen LogP contribution in [0.1, 0.15) is 12.8 Å². The lowest BCUT2D eigenvalue weighted by molar-refractivity contribution is 0.159. The first-order chi connectivity index (χ1) is 13.7. The number of aromatic nitrogens is 3. The average Bonchev–Trinajstić information content (AvgIpc) is 3.42. The van der Waals surface area contributed by atoms with Crippen molar-refractivity contribution in [1.29, 1.82) is 0 Å². The lowest BCUT2D eigenvalue weighted by Crippen LogP contribution is -2.35. The number of likely N-dealkylation sites (tertiary alicyclic amines) is 1. The molecule has 5 rings (SSSR count). The number of carbonyl (C=O) groups is 1. The second-order valence-electron chi connectivity index (χ2n) is 7.78. The van der Waals surface area contributed by atoms with Gasteiger partial charge in [0.1, 0.15) is 23.5 Å². The van der Waals surface area contributed by atoms with Gasteiger partial charge in [0.25, 0.3) is 0 Å². The maximum Gasteiger partial charge on any atom is 0.415 e. The highest BCUT2D eigenvalue weighted by Crippen LogP contribution is 2.41. The number of rotatable bonds is 3. The van der Waals surface area contributed by atoms with Gasteiger partial charge in [-0.2, -0.15) is 0 Å². The first kappa shape index (κ1) is 17.0. The SMILES string of the molecule is CN(c1ncnc2[nH]ccc12)[C@H]1C[C@@H]2CN(C(=O)Oc3ccccc3)C[C@@H]2C1. The molecule has 3 atom stereocenters. The van der Waals surface area contributed by atoms with Crippen molar-refractivity contribution in [3.05, 3.63) is 48.9 Å². The standard InChI is InChI=1S/C21H23N5O2/c1-25(20-18-7-8-22-19(18)23-13-24-20)16-9-14-11-26(12-15(14)10-16)21(27)28-17-5-3-2-4-6-17/h2-8,13-16H,9-12H2,1H3,(H,22,23,24)/t14-,15+,16+. The molecule has 7 heteroatoms. The van der Waals surface area contributed by atoms with Gasteiger partial charge in [0.15, 0.2) is 0 Å². The molecule has 1 aliphatic carbocycles. The zero-order chi connectivity index (χ0) is 19.1. The number of amides is 1. The Balaban J connectivity index is 1.23. The zero-order valence-electron chi connectivity index (χ0n) is 15.8. The molecule has 3 heterocycles. The molecule has 0 spiro atoms. The second kappa shape index (κ2) is 6.82. The van der Waals surface area contributed by atoms with Gasteiger partial charge in [-0.3, -0.25) is 0 Å². The molecule has 0 bridgehead atoms. The number of anilines is 1. The van der Waals surface area contributed by atoms with Crippen LogP contribution in [0.2, 0.25) is 0 Å². The van der Waals surface area contributed by atoms with Gasteiger partial charge in [0.05, 0.1) is 5.39 Å². The molecule has 2 aliphatic rings. The van der Waals surface area contributed by atoms with E-state index in [2.05, 4.69) is 26.9 Å². The Labute approximate surface area is 163 Å². The summed E-state index contributed by atoms with van der Waals surface area (Å²) in [5.41, 5.74) is 0.866. The number of ether oxygens (including phenoxy) is 1. The number of nitrogens with one attached hydrogen (secondary N) is 1. The van der Waals surface area contributed by atoms with Crippen molar-refractivity contribution in [2.75, 3.05) is 25.0 Å². The van der Waals surface area contributed by atoms with E-state index in [9.17, 15) is 4.79 Å². The summed E-state index contributed by atoms with van der Waals surface area (Å²) in [6.07, 6.45) is 5.39. The molecule has 2 aromatic heterocycles. The van der Waals surface area contributed by atoms with E-state index >= 15 is 0 Å². The minimum atomic E-state index is -0.240. The number of nitrogens with zero attached hydrogens (tertiary/aromatic N) is 4. The molecular formula is C21H23N5O2. The molecule has 1 aromatic carbocycles. The Morgan fingerprint density at radius 3 is 2.64 bits per heavy atom. The number of fused-ring (bicyclic) bond motifs is 2. The predicted octanol–water partition coefficient (Wildman–Crippen LogP) is 3.30. The van der Waals surface area contributed by atoms with Crippen LogP contribution < -0.4 is 9.64 Å². The molecule has 1 saturated carbocycles. The topological polar surface area (TPSA) is 74.4 Å². The Hall–Kier alpha value is -3.09. The molecular weight excluding hydrogens is 354 g/mol. The summed E-state index contributed by atoms with van der Waals surface area (Å²) < 4.78 is 5.50. The molecule has 3 aromatic rings. The minimum absolute atomic E-state index is 0.240. The fourth-order valence-corrected chi connectivity index (χ4v) is 4.70. The first-order valence-corrected chi connectivity index (χ1v) is 9.72. The van der Waals surface area contributed by atoms with Crippen molar-refractivity contribution in [1.82, 2.24) is 19.9 Å². The Bertz CT molecular complexity index is 975. The number of hydrogen-bond acceptors (Lipinski definition) is 5. The third-order valence-corrected chi connectivity index (χ3v) is 6.15. The molecule has 0 radical (unpaired) electrons. The molecule has 2 fully saturated rings. The van der Waals surface area contributed by atoms with E-state index in [0.29, 0.717) is 23.6 Å². The molecule has 1 N–H and O–H groups in total. The monoisotopic (exact) mass is 377 g/mol. The second-order valence-corrected chi connectivity index (χ2v) is 7.78. The van der Waals surface area contributed by atoms with Gasteiger partial charge in [-0.1, -0.05) is 18.2 Å². The summed E-state index contributed by atoms with van der Waals surface area (Å²) in [6, 6.07) is 11.7. The van der Waals surface area contributed by atoms with E-state index in [0.717, 1.165) is 42.8 Å². The summed E-state index contributed by atoms with van der Waals surface area (Å²) in [5, 5.41) is 1.05. The number of H-pyrrole nitrogens is 1. The largest absolute Gasteiger partial charge is 0.415 e. The van der Waals surface area contributed by atoms with Crippen LogP contribution in [-0.4, -0.2) is 52.1 Å². The van der Waals surface area contributed by atoms with E-state index < -0.39 is 0 Å². The highest BCUT2D eigenvalue weighted by atomic mass is 16.6. The van der Waals surface area contributed by atoms with Crippen molar-refractivity contribution in [2.45, 2.75) is 18.9 Å². The minimum Gasteiger partial charge on any atom is -0.410 e. The van der Waals surface area contributed by atoms with E-state index in [4.69, 9.17) is 4.74 Å². The summed E-state index contributed by atoms with van der Waals surface area (Å²) >= 11 is 0. The van der Waals surface area contributed by atoms with Crippen LogP contribution >= 0.6 is 0 Å². The summed E-state index contributed by atoms with van der Waals surface area (Å²) in [7, 11) is 2.11. The zero-order valence-corrected chi connectivity index (χ0v) is 15.8. The lowest BCUT2D eigenvalue weighted by Gasteiger charge is -2.27. The fourth-order valence-electron chi connectivity index (χ4n) is 4.70. The van der Waals surface area contributed by atoms with Crippen molar-refractivity contribution < 1.29 is 9.53 Å². The fraction of sp³-hybridized carbons (Fsp3) is 0.381. The number of para-hydroxylation sites is 1. The van der Waals surface area contributed by atoms with Gasteiger partial charge in [-0.25, -0.2) is 14.8 Å². The Kier molecular flexibility index (Phi) is 4.15. The van der Waals surface area contributed by atoms with E-state index in [1.165, 1.54) is 0 Å². The number of carbonyl (C=O) groups excluding carboxylic acids is 1. The quantitative estimate of drug-likeness (QED) is 0.758. The highest BCUT2D eigenvalue weighted by Gasteiger charge is 2.44. The third-order valence-electron chi connectivity index (χ3n) is 6.15. The van der Waals surface area contributed by atoms with Gasteiger partial charge in [0, 0.05) is 32.4 Å². The van der Waals surface area contributed by atoms with Gasteiger partial charge >= 0.3 is 6.09 Å². The number of aromatic amines is 1. The van der Waals surface area contributed by atoms with Crippen LogP contribution in [0.5, 0.6) is 5.75 Å². The lowest BCUT2D eigenvalue weighted by atomic mass is 10.0. The maximum absolute atomic E-state index is 12.5. The summed E-state index contributed by atoms with van der Waals surface area (Å²) in [6.45, 7) is 1.54. The third kappa shape index (κ3) is 2.96. The van der Waals surface area contributed by atoms with Crippen molar-refractivity contribution in [2.24, 2.45) is 11.8 Å². The average molecular weight is 377 g/mol. The number of hydrogen-bond donors (Lipinski definition) is 1. The first-order valence-electron chi connectivity index (χ1n) is 9.72. The van der Waals surface area contributed by atoms with Crippen LogP contribution in [0, 0.1) is 11.8 Å². The van der Waals surface area contributed by atoms with E-state index in [1.807, 2.05) is 47.5 Å². The molecule has 1 aliphatic heterocycles. The van der Waals surface area contributed by atoms with Crippen molar-refractivity contribution in [3.63, 3.8) is 0 Å². The van der Waals surface area contributed by atoms with Gasteiger partial charge < -0.3 is 19.5 Å². The van der Waals surface area contributed by atoms with Crippen LogP contribution in [0.15, 0.2) is 48.9 Å². The van der Waals surface area contributed by atoms with Crippen LogP contribution in [0.3, 0.4) is 0 Å². The van der Waals surface area contributed by atoms with Crippen molar-refractivity contribution in [3.8, 4) is 5.75 Å². The molecule has 28 heavy (non-hydrogen) atoms. The van der Waals surface area contributed by atoms with Crippen LogP contribution in [0.25, 0.3) is 11.0 Å². The summed E-state index contributed by atoms with van der Waals surface area (Å²) in [5.74, 6) is 2.59. The Morgan fingerprint density at radius 2 is 1.89 bits per heavy atom.